The van der Waals surface area contributed by atoms with Crippen molar-refractivity contribution in [2.75, 3.05) is 38.5 Å². The van der Waals surface area contributed by atoms with E-state index >= 15 is 0 Å². The Morgan fingerprint density at radius 1 is 1.25 bits per heavy atom. The predicted octanol–water partition coefficient (Wildman–Crippen LogP) is 0.594. The number of hydrogen-bond donors (Lipinski definition) is 3. The summed E-state index contributed by atoms with van der Waals surface area (Å²) in [5, 5.41) is 11.0. The number of primary sulfonamides is 1. The highest BCUT2D eigenvalue weighted by molar-refractivity contribution is 7.89. The van der Waals surface area contributed by atoms with Crippen LogP contribution in [0.3, 0.4) is 0 Å². The lowest BCUT2D eigenvalue weighted by molar-refractivity contribution is -0.117. The van der Waals surface area contributed by atoms with Crippen LogP contribution in [0.2, 0.25) is 0 Å². The van der Waals surface area contributed by atoms with Gasteiger partial charge in [-0.05, 0) is 76.1 Å². The largest absolute Gasteiger partial charge is 0.325 e. The van der Waals surface area contributed by atoms with Crippen LogP contribution in [0, 0.1) is 5.92 Å². The van der Waals surface area contributed by atoms with Crippen LogP contribution in [0.15, 0.2) is 29.2 Å². The molecule has 0 aromatic heterocycles. The van der Waals surface area contributed by atoms with E-state index in [1.54, 1.807) is 12.1 Å². The number of amides is 1. The van der Waals surface area contributed by atoms with Crippen molar-refractivity contribution in [2.45, 2.75) is 24.2 Å². The van der Waals surface area contributed by atoms with E-state index in [2.05, 4.69) is 15.5 Å². The fraction of sp³-hybridized carbons (Fsp3) is 0.562. The van der Waals surface area contributed by atoms with Gasteiger partial charge in [0.25, 0.3) is 0 Å². The SMILES string of the molecule is CNCCC1CCN(CC(=O)Nc2ccc(S(N)(=O)=O)cc2)CC1. The number of nitrogens with two attached hydrogens (primary N) is 1. The van der Waals surface area contributed by atoms with Gasteiger partial charge in [0.15, 0.2) is 0 Å². The van der Waals surface area contributed by atoms with Crippen LogP contribution in [0.4, 0.5) is 5.69 Å². The zero-order chi connectivity index (χ0) is 17.6. The van der Waals surface area contributed by atoms with Gasteiger partial charge in [0.05, 0.1) is 11.4 Å². The number of piperidine rings is 1. The van der Waals surface area contributed by atoms with Gasteiger partial charge in [0, 0.05) is 5.69 Å². The highest BCUT2D eigenvalue weighted by Crippen LogP contribution is 2.20. The van der Waals surface area contributed by atoms with Gasteiger partial charge in [-0.25, -0.2) is 13.6 Å². The van der Waals surface area contributed by atoms with E-state index in [4.69, 9.17) is 5.14 Å². The smallest absolute Gasteiger partial charge is 0.238 e. The van der Waals surface area contributed by atoms with Crippen LogP contribution in [-0.4, -0.2) is 52.5 Å². The minimum Gasteiger partial charge on any atom is -0.325 e. The number of nitrogens with one attached hydrogen (secondary N) is 2. The maximum absolute atomic E-state index is 12.1. The van der Waals surface area contributed by atoms with Crippen LogP contribution < -0.4 is 15.8 Å². The van der Waals surface area contributed by atoms with Gasteiger partial charge in [0.2, 0.25) is 15.9 Å². The Labute approximate surface area is 143 Å². The molecule has 1 amide bonds. The van der Waals surface area contributed by atoms with Gasteiger partial charge in [-0.15, -0.1) is 0 Å². The van der Waals surface area contributed by atoms with Crippen LogP contribution in [-0.2, 0) is 14.8 Å². The van der Waals surface area contributed by atoms with Gasteiger partial charge in [-0.2, -0.15) is 0 Å². The number of carbonyl (C=O) groups excluding carboxylic acids is 1. The standard InChI is InChI=1S/C16H26N4O3S/c1-18-9-6-13-7-10-20(11-8-13)12-16(21)19-14-2-4-15(5-3-14)24(17,22)23/h2-5,13,18H,6-12H2,1H3,(H,19,21)(H2,17,22,23). The van der Waals surface area contributed by atoms with Gasteiger partial charge in [0.1, 0.15) is 0 Å². The Bertz CT molecular complexity index is 638. The summed E-state index contributed by atoms with van der Waals surface area (Å²) in [5.41, 5.74) is 0.566. The second-order valence-corrected chi connectivity index (χ2v) is 7.79. The van der Waals surface area contributed by atoms with E-state index < -0.39 is 10.0 Å². The number of hydrogen-bond acceptors (Lipinski definition) is 5. The Hall–Kier alpha value is -1.48. The zero-order valence-electron chi connectivity index (χ0n) is 14.0. The molecular formula is C16H26N4O3S. The molecular weight excluding hydrogens is 328 g/mol. The van der Waals surface area contributed by atoms with Crippen molar-refractivity contribution < 1.29 is 13.2 Å². The van der Waals surface area contributed by atoms with Crippen molar-refractivity contribution in [2.24, 2.45) is 11.1 Å². The number of likely N-dealkylation sites (tertiary alicyclic amines) is 1. The number of anilines is 1. The second-order valence-electron chi connectivity index (χ2n) is 6.23. The first kappa shape index (κ1) is 18.9. The summed E-state index contributed by atoms with van der Waals surface area (Å²) in [6.45, 7) is 3.27. The molecule has 1 aromatic rings. The van der Waals surface area contributed by atoms with Gasteiger partial charge in [-0.1, -0.05) is 0 Å². The van der Waals surface area contributed by atoms with E-state index in [9.17, 15) is 13.2 Å². The lowest BCUT2D eigenvalue weighted by Crippen LogP contribution is -2.39. The molecule has 8 heteroatoms. The first-order valence-electron chi connectivity index (χ1n) is 8.18. The van der Waals surface area contributed by atoms with E-state index in [0.717, 1.165) is 38.4 Å². The molecule has 0 bridgehead atoms. The summed E-state index contributed by atoms with van der Waals surface area (Å²) in [5.74, 6) is 0.648. The Balaban J connectivity index is 1.78. The topological polar surface area (TPSA) is 105 Å². The molecule has 1 heterocycles. The first-order chi connectivity index (χ1) is 11.4. The summed E-state index contributed by atoms with van der Waals surface area (Å²) in [6, 6.07) is 5.86. The van der Waals surface area contributed by atoms with E-state index in [1.165, 1.54) is 18.6 Å². The minimum absolute atomic E-state index is 0.0316. The maximum atomic E-state index is 12.1. The van der Waals surface area contributed by atoms with Crippen molar-refractivity contribution in [1.29, 1.82) is 0 Å². The van der Waals surface area contributed by atoms with E-state index in [0.29, 0.717) is 12.2 Å². The van der Waals surface area contributed by atoms with Crippen molar-refractivity contribution in [1.82, 2.24) is 10.2 Å². The average molecular weight is 354 g/mol. The molecule has 0 atom stereocenters. The molecule has 4 N–H and O–H groups in total. The van der Waals surface area contributed by atoms with Gasteiger partial charge >= 0.3 is 0 Å². The third kappa shape index (κ3) is 5.86. The highest BCUT2D eigenvalue weighted by atomic mass is 32.2. The highest BCUT2D eigenvalue weighted by Gasteiger charge is 2.20. The molecule has 134 valence electrons. The molecule has 0 radical (unpaired) electrons. The number of rotatable bonds is 7. The Morgan fingerprint density at radius 2 is 1.88 bits per heavy atom. The molecule has 1 fully saturated rings. The number of nitrogens with zero attached hydrogens (tertiary/aromatic N) is 1. The zero-order valence-corrected chi connectivity index (χ0v) is 14.8. The molecule has 1 aliphatic heterocycles. The number of benzene rings is 1. The van der Waals surface area contributed by atoms with E-state index in [-0.39, 0.29) is 10.8 Å². The summed E-state index contributed by atoms with van der Waals surface area (Å²) >= 11 is 0. The molecule has 1 saturated heterocycles. The molecule has 0 unspecified atom stereocenters. The third-order valence-electron chi connectivity index (χ3n) is 4.34. The average Bonchev–Trinajstić information content (AvgIpc) is 2.54. The Morgan fingerprint density at radius 3 is 2.42 bits per heavy atom. The van der Waals surface area contributed by atoms with Crippen LogP contribution in [0.1, 0.15) is 19.3 Å². The summed E-state index contributed by atoms with van der Waals surface area (Å²) < 4.78 is 22.4. The fourth-order valence-electron chi connectivity index (χ4n) is 2.91. The molecule has 1 aliphatic rings. The second kappa shape index (κ2) is 8.57. The summed E-state index contributed by atoms with van der Waals surface area (Å²) in [6.07, 6.45) is 3.43. The third-order valence-corrected chi connectivity index (χ3v) is 5.27. The minimum atomic E-state index is -3.71. The first-order valence-corrected chi connectivity index (χ1v) is 9.73. The molecule has 0 spiro atoms. The molecule has 24 heavy (non-hydrogen) atoms. The number of sulfonamides is 1. The maximum Gasteiger partial charge on any atom is 0.238 e. The fourth-order valence-corrected chi connectivity index (χ4v) is 3.43. The molecule has 0 saturated carbocycles. The molecule has 1 aromatic carbocycles. The van der Waals surface area contributed by atoms with Gasteiger partial charge < -0.3 is 10.6 Å². The van der Waals surface area contributed by atoms with Crippen molar-refractivity contribution in [3.63, 3.8) is 0 Å². The monoisotopic (exact) mass is 354 g/mol. The number of carbonyl (C=O) groups is 1. The van der Waals surface area contributed by atoms with Crippen molar-refractivity contribution in [3.05, 3.63) is 24.3 Å². The van der Waals surface area contributed by atoms with Crippen LogP contribution >= 0.6 is 0 Å². The normalized spacial score (nSPS) is 16.9. The molecule has 2 rings (SSSR count). The van der Waals surface area contributed by atoms with Crippen molar-refractivity contribution in [3.8, 4) is 0 Å². The van der Waals surface area contributed by atoms with Crippen LogP contribution in [0.5, 0.6) is 0 Å². The lowest BCUT2D eigenvalue weighted by atomic mass is 9.93. The van der Waals surface area contributed by atoms with Crippen LogP contribution in [0.25, 0.3) is 0 Å². The Kier molecular flexibility index (Phi) is 6.73. The molecule has 7 nitrogen and oxygen atoms in total. The summed E-state index contributed by atoms with van der Waals surface area (Å²) in [7, 11) is -1.74. The van der Waals surface area contributed by atoms with Crippen molar-refractivity contribution >= 4 is 21.6 Å². The van der Waals surface area contributed by atoms with E-state index in [1.807, 2.05) is 7.05 Å². The molecule has 0 aliphatic carbocycles. The summed E-state index contributed by atoms with van der Waals surface area (Å²) in [4.78, 5) is 14.3. The quantitative estimate of drug-likeness (QED) is 0.665. The lowest BCUT2D eigenvalue weighted by Gasteiger charge is -2.31. The predicted molar refractivity (Wildman–Crippen MR) is 94.2 cm³/mol. The van der Waals surface area contributed by atoms with Gasteiger partial charge in [-0.3, -0.25) is 9.69 Å².